The second-order valence-corrected chi connectivity index (χ2v) is 6.45. The molecule has 3 heterocycles. The van der Waals surface area contributed by atoms with E-state index >= 15 is 0 Å². The molecule has 0 unspecified atom stereocenters. The molecule has 1 aliphatic heterocycles. The van der Waals surface area contributed by atoms with Gasteiger partial charge in [0.15, 0.2) is 5.82 Å². The average molecular weight is 333 g/mol. The van der Waals surface area contributed by atoms with Crippen molar-refractivity contribution >= 4 is 16.7 Å². The highest BCUT2D eigenvalue weighted by Crippen LogP contribution is 2.25. The maximum absolute atomic E-state index is 4.81. The molecule has 1 atom stereocenters. The standard InChI is InChI=1S/C20H23N5/c1-2-25-13-5-6-16(25)14-22-20-17-7-3-4-8-18(17)23-19(24-20)15-9-11-21-12-10-15/h3-4,7-12,16H,2,5-6,13-14H2,1H3,(H,22,23,24)/t16-/m0/s1. The van der Waals surface area contributed by atoms with Crippen LogP contribution in [0.25, 0.3) is 22.3 Å². The Kier molecular flexibility index (Phi) is 4.57. The highest BCUT2D eigenvalue weighted by atomic mass is 15.2. The van der Waals surface area contributed by atoms with Crippen LogP contribution in [-0.2, 0) is 0 Å². The van der Waals surface area contributed by atoms with Crippen LogP contribution in [0.3, 0.4) is 0 Å². The van der Waals surface area contributed by atoms with Crippen molar-refractivity contribution in [1.82, 2.24) is 19.9 Å². The Morgan fingerprint density at radius 2 is 1.96 bits per heavy atom. The van der Waals surface area contributed by atoms with E-state index in [1.54, 1.807) is 12.4 Å². The normalized spacial score (nSPS) is 17.9. The Bertz CT molecular complexity index is 849. The van der Waals surface area contributed by atoms with Gasteiger partial charge >= 0.3 is 0 Å². The van der Waals surface area contributed by atoms with E-state index in [4.69, 9.17) is 9.97 Å². The van der Waals surface area contributed by atoms with Crippen molar-refractivity contribution in [1.29, 1.82) is 0 Å². The summed E-state index contributed by atoms with van der Waals surface area (Å²) in [6.45, 7) is 5.47. The fourth-order valence-electron chi connectivity index (χ4n) is 3.60. The molecule has 0 radical (unpaired) electrons. The number of rotatable bonds is 5. The summed E-state index contributed by atoms with van der Waals surface area (Å²) in [6, 6.07) is 12.7. The summed E-state index contributed by atoms with van der Waals surface area (Å²) in [7, 11) is 0. The number of anilines is 1. The third-order valence-electron chi connectivity index (χ3n) is 4.95. The van der Waals surface area contributed by atoms with Crippen molar-refractivity contribution in [3.8, 4) is 11.4 Å². The van der Waals surface area contributed by atoms with Crippen molar-refractivity contribution in [2.24, 2.45) is 0 Å². The topological polar surface area (TPSA) is 53.9 Å². The number of pyridine rings is 1. The highest BCUT2D eigenvalue weighted by Gasteiger charge is 2.23. The van der Waals surface area contributed by atoms with Crippen LogP contribution < -0.4 is 5.32 Å². The van der Waals surface area contributed by atoms with E-state index in [1.165, 1.54) is 19.4 Å². The molecule has 5 nitrogen and oxygen atoms in total. The van der Waals surface area contributed by atoms with Gasteiger partial charge in [0, 0.05) is 35.9 Å². The van der Waals surface area contributed by atoms with Gasteiger partial charge in [-0.1, -0.05) is 19.1 Å². The number of hydrogen-bond donors (Lipinski definition) is 1. The fraction of sp³-hybridized carbons (Fsp3) is 0.350. The lowest BCUT2D eigenvalue weighted by atomic mass is 10.2. The predicted molar refractivity (Wildman–Crippen MR) is 102 cm³/mol. The van der Waals surface area contributed by atoms with Gasteiger partial charge in [-0.25, -0.2) is 9.97 Å². The quantitative estimate of drug-likeness (QED) is 0.773. The number of nitrogens with zero attached hydrogens (tertiary/aromatic N) is 4. The summed E-state index contributed by atoms with van der Waals surface area (Å²) in [4.78, 5) is 16.2. The lowest BCUT2D eigenvalue weighted by Gasteiger charge is -2.23. The van der Waals surface area contributed by atoms with Crippen molar-refractivity contribution in [3.63, 3.8) is 0 Å². The second-order valence-electron chi connectivity index (χ2n) is 6.45. The molecule has 0 amide bonds. The Morgan fingerprint density at radius 1 is 1.12 bits per heavy atom. The molecule has 1 N–H and O–H groups in total. The van der Waals surface area contributed by atoms with E-state index < -0.39 is 0 Å². The summed E-state index contributed by atoms with van der Waals surface area (Å²) in [5, 5.41) is 4.67. The minimum Gasteiger partial charge on any atom is -0.368 e. The summed E-state index contributed by atoms with van der Waals surface area (Å²) in [5.74, 6) is 1.66. The van der Waals surface area contributed by atoms with E-state index in [2.05, 4.69) is 28.2 Å². The monoisotopic (exact) mass is 333 g/mol. The third-order valence-corrected chi connectivity index (χ3v) is 4.95. The molecule has 1 saturated heterocycles. The first-order valence-corrected chi connectivity index (χ1v) is 9.00. The number of benzene rings is 1. The minimum absolute atomic E-state index is 0.586. The van der Waals surface area contributed by atoms with Gasteiger partial charge in [-0.3, -0.25) is 9.88 Å². The highest BCUT2D eigenvalue weighted by molar-refractivity contribution is 5.90. The zero-order valence-corrected chi connectivity index (χ0v) is 14.5. The van der Waals surface area contributed by atoms with Gasteiger partial charge in [0.05, 0.1) is 5.52 Å². The van der Waals surface area contributed by atoms with E-state index in [9.17, 15) is 0 Å². The number of fused-ring (bicyclic) bond motifs is 1. The van der Waals surface area contributed by atoms with Crippen molar-refractivity contribution < 1.29 is 0 Å². The molecule has 0 saturated carbocycles. The molecule has 5 heteroatoms. The van der Waals surface area contributed by atoms with Crippen LogP contribution in [0, 0.1) is 0 Å². The Hall–Kier alpha value is -2.53. The lowest BCUT2D eigenvalue weighted by Crippen LogP contribution is -2.34. The van der Waals surface area contributed by atoms with Gasteiger partial charge in [-0.15, -0.1) is 0 Å². The van der Waals surface area contributed by atoms with Crippen LogP contribution >= 0.6 is 0 Å². The molecule has 2 aromatic heterocycles. The van der Waals surface area contributed by atoms with Gasteiger partial charge < -0.3 is 5.32 Å². The van der Waals surface area contributed by atoms with Gasteiger partial charge in [0.2, 0.25) is 0 Å². The van der Waals surface area contributed by atoms with Crippen LogP contribution in [0.4, 0.5) is 5.82 Å². The van der Waals surface area contributed by atoms with Gasteiger partial charge in [-0.2, -0.15) is 0 Å². The largest absolute Gasteiger partial charge is 0.368 e. The van der Waals surface area contributed by atoms with Crippen LogP contribution in [0.5, 0.6) is 0 Å². The predicted octanol–water partition coefficient (Wildman–Crippen LogP) is 3.59. The zero-order chi connectivity index (χ0) is 17.1. The molecule has 0 spiro atoms. The van der Waals surface area contributed by atoms with Crippen molar-refractivity contribution in [2.45, 2.75) is 25.8 Å². The van der Waals surface area contributed by atoms with Crippen LogP contribution in [-0.4, -0.2) is 45.5 Å². The third kappa shape index (κ3) is 3.33. The molecule has 0 aliphatic carbocycles. The number of hydrogen-bond acceptors (Lipinski definition) is 5. The molecule has 0 bridgehead atoms. The molecule has 1 fully saturated rings. The number of aromatic nitrogens is 3. The van der Waals surface area contributed by atoms with Gasteiger partial charge in [0.25, 0.3) is 0 Å². The average Bonchev–Trinajstić information content (AvgIpc) is 3.14. The maximum atomic E-state index is 4.81. The second kappa shape index (κ2) is 7.15. The first kappa shape index (κ1) is 16.0. The van der Waals surface area contributed by atoms with E-state index in [0.29, 0.717) is 6.04 Å². The lowest BCUT2D eigenvalue weighted by molar-refractivity contribution is 0.277. The Morgan fingerprint density at radius 3 is 2.80 bits per heavy atom. The van der Waals surface area contributed by atoms with E-state index in [1.807, 2.05) is 30.3 Å². The number of nitrogens with one attached hydrogen (secondary N) is 1. The first-order chi connectivity index (χ1) is 12.3. The Labute approximate surface area is 148 Å². The number of likely N-dealkylation sites (tertiary alicyclic amines) is 1. The summed E-state index contributed by atoms with van der Waals surface area (Å²) in [5.41, 5.74) is 1.95. The zero-order valence-electron chi connectivity index (χ0n) is 14.5. The Balaban J connectivity index is 1.67. The van der Waals surface area contributed by atoms with Crippen molar-refractivity contribution in [2.75, 3.05) is 25.0 Å². The van der Waals surface area contributed by atoms with Crippen LogP contribution in [0.1, 0.15) is 19.8 Å². The molecular formula is C20H23N5. The molecule has 3 aromatic rings. The number of likely N-dealkylation sites (N-methyl/N-ethyl adjacent to an activating group) is 1. The minimum atomic E-state index is 0.586. The molecular weight excluding hydrogens is 310 g/mol. The van der Waals surface area contributed by atoms with Crippen molar-refractivity contribution in [3.05, 3.63) is 48.8 Å². The van der Waals surface area contributed by atoms with Gasteiger partial charge in [0.1, 0.15) is 5.82 Å². The molecule has 1 aromatic carbocycles. The summed E-state index contributed by atoms with van der Waals surface area (Å²) in [6.07, 6.45) is 6.09. The SMILES string of the molecule is CCN1CCC[C@H]1CNc1nc(-c2ccncc2)nc2ccccc12. The van der Waals surface area contributed by atoms with E-state index in [-0.39, 0.29) is 0 Å². The van der Waals surface area contributed by atoms with Gasteiger partial charge in [-0.05, 0) is 50.2 Å². The molecule has 4 rings (SSSR count). The number of para-hydroxylation sites is 1. The molecule has 1 aliphatic rings. The van der Waals surface area contributed by atoms with Crippen LogP contribution in [0.15, 0.2) is 48.8 Å². The smallest absolute Gasteiger partial charge is 0.162 e. The summed E-state index contributed by atoms with van der Waals surface area (Å²) < 4.78 is 0. The summed E-state index contributed by atoms with van der Waals surface area (Å²) >= 11 is 0. The maximum Gasteiger partial charge on any atom is 0.162 e. The fourth-order valence-corrected chi connectivity index (χ4v) is 3.60. The van der Waals surface area contributed by atoms with Crippen LogP contribution in [0.2, 0.25) is 0 Å². The molecule has 25 heavy (non-hydrogen) atoms. The molecule has 128 valence electrons. The van der Waals surface area contributed by atoms with E-state index in [0.717, 1.165) is 41.2 Å². The first-order valence-electron chi connectivity index (χ1n) is 9.00.